The molecule has 122 valence electrons. The third-order valence-electron chi connectivity index (χ3n) is 3.93. The first-order chi connectivity index (χ1) is 11.6. The fourth-order valence-electron chi connectivity index (χ4n) is 2.70. The molecule has 1 N–H and O–H groups in total. The Kier molecular flexibility index (Phi) is 4.33. The molecule has 1 heterocycles. The lowest BCUT2D eigenvalue weighted by atomic mass is 10.2. The van der Waals surface area contributed by atoms with Gasteiger partial charge in [-0.3, -0.25) is 9.59 Å². The molecule has 0 atom stereocenters. The number of amides is 1. The van der Waals surface area contributed by atoms with Gasteiger partial charge in [-0.25, -0.2) is 0 Å². The first-order valence-corrected chi connectivity index (χ1v) is 7.69. The van der Waals surface area contributed by atoms with E-state index in [9.17, 15) is 9.59 Å². The lowest BCUT2D eigenvalue weighted by Crippen LogP contribution is -2.18. The van der Waals surface area contributed by atoms with Gasteiger partial charge < -0.3 is 14.8 Å². The highest BCUT2D eigenvalue weighted by Crippen LogP contribution is 2.20. The molecule has 0 fully saturated rings. The molecule has 2 aromatic carbocycles. The summed E-state index contributed by atoms with van der Waals surface area (Å²) >= 11 is 0. The Morgan fingerprint density at radius 2 is 1.83 bits per heavy atom. The van der Waals surface area contributed by atoms with Crippen LogP contribution in [-0.2, 0) is 11.3 Å². The largest absolute Gasteiger partial charge is 0.378 e. The van der Waals surface area contributed by atoms with Gasteiger partial charge in [-0.15, -0.1) is 0 Å². The van der Waals surface area contributed by atoms with E-state index in [1.807, 2.05) is 67.5 Å². The van der Waals surface area contributed by atoms with E-state index in [-0.39, 0.29) is 12.5 Å². The summed E-state index contributed by atoms with van der Waals surface area (Å²) < 4.78 is 1.79. The van der Waals surface area contributed by atoms with Gasteiger partial charge in [0.1, 0.15) is 6.54 Å². The van der Waals surface area contributed by atoms with Gasteiger partial charge in [0.25, 0.3) is 0 Å². The molecule has 5 nitrogen and oxygen atoms in total. The highest BCUT2D eigenvalue weighted by Gasteiger charge is 2.10. The molecule has 24 heavy (non-hydrogen) atoms. The number of aromatic nitrogens is 1. The average Bonchev–Trinajstić information content (AvgIpc) is 2.93. The molecule has 0 unspecified atom stereocenters. The summed E-state index contributed by atoms with van der Waals surface area (Å²) in [7, 11) is 3.94. The number of hydrogen-bond acceptors (Lipinski definition) is 3. The zero-order chi connectivity index (χ0) is 17.1. The van der Waals surface area contributed by atoms with Crippen molar-refractivity contribution in [1.29, 1.82) is 0 Å². The van der Waals surface area contributed by atoms with Gasteiger partial charge in [0.05, 0.1) is 0 Å². The number of fused-ring (bicyclic) bond motifs is 1. The molecule has 0 radical (unpaired) electrons. The number of nitrogens with one attached hydrogen (secondary N) is 1. The molecule has 0 aliphatic heterocycles. The molecule has 0 saturated heterocycles. The summed E-state index contributed by atoms with van der Waals surface area (Å²) in [6, 6.07) is 15.2. The highest BCUT2D eigenvalue weighted by molar-refractivity contribution is 5.99. The normalized spacial score (nSPS) is 10.6. The molecule has 0 aliphatic rings. The van der Waals surface area contributed by atoms with Crippen LogP contribution in [0.1, 0.15) is 10.4 Å². The third kappa shape index (κ3) is 3.15. The summed E-state index contributed by atoms with van der Waals surface area (Å²) in [5.41, 5.74) is 3.28. The lowest BCUT2D eigenvalue weighted by Gasteiger charge is -2.13. The van der Waals surface area contributed by atoms with Gasteiger partial charge in [0.2, 0.25) is 5.91 Å². The highest BCUT2D eigenvalue weighted by atomic mass is 16.2. The van der Waals surface area contributed by atoms with Gasteiger partial charge in [-0.05, 0) is 30.3 Å². The van der Waals surface area contributed by atoms with Crippen LogP contribution in [0.2, 0.25) is 0 Å². The van der Waals surface area contributed by atoms with E-state index in [0.717, 1.165) is 28.6 Å². The van der Waals surface area contributed by atoms with Crippen molar-refractivity contribution in [3.63, 3.8) is 0 Å². The van der Waals surface area contributed by atoms with E-state index in [0.29, 0.717) is 5.56 Å². The van der Waals surface area contributed by atoms with E-state index in [4.69, 9.17) is 0 Å². The minimum atomic E-state index is -0.134. The molecule has 3 rings (SSSR count). The van der Waals surface area contributed by atoms with Crippen LogP contribution >= 0.6 is 0 Å². The Labute approximate surface area is 140 Å². The molecule has 0 spiro atoms. The Morgan fingerprint density at radius 3 is 2.50 bits per heavy atom. The molecule has 0 aliphatic carbocycles. The Balaban J connectivity index is 1.76. The van der Waals surface area contributed by atoms with Gasteiger partial charge in [0, 0.05) is 48.1 Å². The number of benzene rings is 2. The van der Waals surface area contributed by atoms with Gasteiger partial charge in [-0.2, -0.15) is 0 Å². The van der Waals surface area contributed by atoms with Gasteiger partial charge in [-0.1, -0.05) is 18.2 Å². The van der Waals surface area contributed by atoms with Crippen LogP contribution in [0.5, 0.6) is 0 Å². The molecule has 1 amide bonds. The van der Waals surface area contributed by atoms with E-state index < -0.39 is 0 Å². The summed E-state index contributed by atoms with van der Waals surface area (Å²) in [5.74, 6) is -0.134. The molecular weight excluding hydrogens is 302 g/mol. The monoisotopic (exact) mass is 321 g/mol. The number of aldehydes is 1. The SMILES string of the molecule is CN(C)c1ccc(NC(=O)Cn2cc(C=O)c3ccccc32)cc1. The fourth-order valence-corrected chi connectivity index (χ4v) is 2.70. The van der Waals surface area contributed by atoms with Crippen molar-refractivity contribution in [1.82, 2.24) is 4.57 Å². The van der Waals surface area contributed by atoms with Crippen molar-refractivity contribution in [2.24, 2.45) is 0 Å². The zero-order valence-electron chi connectivity index (χ0n) is 13.7. The lowest BCUT2D eigenvalue weighted by molar-refractivity contribution is -0.116. The third-order valence-corrected chi connectivity index (χ3v) is 3.93. The second-order valence-electron chi connectivity index (χ2n) is 5.84. The number of rotatable bonds is 5. The first-order valence-electron chi connectivity index (χ1n) is 7.69. The maximum Gasteiger partial charge on any atom is 0.244 e. The number of para-hydroxylation sites is 1. The second-order valence-corrected chi connectivity index (χ2v) is 5.84. The van der Waals surface area contributed by atoms with Crippen molar-refractivity contribution in [3.8, 4) is 0 Å². The van der Waals surface area contributed by atoms with Crippen molar-refractivity contribution < 1.29 is 9.59 Å². The van der Waals surface area contributed by atoms with Crippen LogP contribution in [0.15, 0.2) is 54.7 Å². The first kappa shape index (κ1) is 15.8. The average molecular weight is 321 g/mol. The number of carbonyl (C=O) groups is 2. The molecule has 5 heteroatoms. The predicted octanol–water partition coefficient (Wildman–Crippen LogP) is 3.16. The smallest absolute Gasteiger partial charge is 0.244 e. The maximum absolute atomic E-state index is 12.3. The van der Waals surface area contributed by atoms with Crippen LogP contribution in [0.3, 0.4) is 0 Å². The Bertz CT molecular complexity index is 879. The number of hydrogen-bond donors (Lipinski definition) is 1. The quantitative estimate of drug-likeness (QED) is 0.735. The van der Waals surface area contributed by atoms with Crippen LogP contribution in [-0.4, -0.2) is 30.9 Å². The van der Waals surface area contributed by atoms with Crippen molar-refractivity contribution in [3.05, 3.63) is 60.3 Å². The molecule has 3 aromatic rings. The molecule has 0 saturated carbocycles. The summed E-state index contributed by atoms with van der Waals surface area (Å²) in [6.07, 6.45) is 2.53. The van der Waals surface area contributed by atoms with Crippen molar-refractivity contribution >= 4 is 34.5 Å². The van der Waals surface area contributed by atoms with Crippen LogP contribution in [0, 0.1) is 0 Å². The van der Waals surface area contributed by atoms with Gasteiger partial charge in [0.15, 0.2) is 6.29 Å². The van der Waals surface area contributed by atoms with Crippen molar-refractivity contribution in [2.75, 3.05) is 24.3 Å². The summed E-state index contributed by atoms with van der Waals surface area (Å²) in [5, 5.41) is 3.74. The summed E-state index contributed by atoms with van der Waals surface area (Å²) in [6.45, 7) is 0.157. The predicted molar refractivity (Wildman–Crippen MR) is 96.7 cm³/mol. The molecule has 0 bridgehead atoms. The van der Waals surface area contributed by atoms with Crippen LogP contribution in [0.25, 0.3) is 10.9 Å². The number of carbonyl (C=O) groups excluding carboxylic acids is 2. The van der Waals surface area contributed by atoms with E-state index in [2.05, 4.69) is 5.32 Å². The molecule has 1 aromatic heterocycles. The van der Waals surface area contributed by atoms with E-state index in [1.165, 1.54) is 0 Å². The molecular formula is C19H19N3O2. The Morgan fingerprint density at radius 1 is 1.12 bits per heavy atom. The van der Waals surface area contributed by atoms with E-state index in [1.54, 1.807) is 10.8 Å². The zero-order valence-corrected chi connectivity index (χ0v) is 13.7. The number of nitrogens with zero attached hydrogens (tertiary/aromatic N) is 2. The second kappa shape index (κ2) is 6.58. The maximum atomic E-state index is 12.3. The van der Waals surface area contributed by atoms with Gasteiger partial charge >= 0.3 is 0 Å². The van der Waals surface area contributed by atoms with Crippen LogP contribution in [0.4, 0.5) is 11.4 Å². The fraction of sp³-hybridized carbons (Fsp3) is 0.158. The van der Waals surface area contributed by atoms with E-state index >= 15 is 0 Å². The number of anilines is 2. The minimum Gasteiger partial charge on any atom is -0.378 e. The summed E-state index contributed by atoms with van der Waals surface area (Å²) in [4.78, 5) is 25.5. The van der Waals surface area contributed by atoms with Crippen LogP contribution < -0.4 is 10.2 Å². The Hall–Kier alpha value is -3.08. The minimum absolute atomic E-state index is 0.134. The topological polar surface area (TPSA) is 54.3 Å². The standard InChI is InChI=1S/C19H19N3O2/c1-21(2)16-9-7-15(8-10-16)20-19(24)12-22-11-14(13-23)17-5-3-4-6-18(17)22/h3-11,13H,12H2,1-2H3,(H,20,24). The van der Waals surface area contributed by atoms with Crippen molar-refractivity contribution in [2.45, 2.75) is 6.54 Å².